The molecule has 1 aromatic heterocycles. The fraction of sp³-hybridized carbons (Fsp3) is 0.333. The van der Waals surface area contributed by atoms with E-state index >= 15 is 0 Å². The highest BCUT2D eigenvalue weighted by Crippen LogP contribution is 2.28. The lowest BCUT2D eigenvalue weighted by atomic mass is 10.1. The van der Waals surface area contributed by atoms with Gasteiger partial charge >= 0.3 is 0 Å². The molecule has 0 amide bonds. The number of thiazole rings is 1. The number of nitrogens with zero attached hydrogens (tertiary/aromatic N) is 2. The first-order valence-electron chi connectivity index (χ1n) is 6.45. The van der Waals surface area contributed by atoms with Crippen molar-refractivity contribution in [3.63, 3.8) is 0 Å². The van der Waals surface area contributed by atoms with Gasteiger partial charge in [-0.15, -0.1) is 0 Å². The SMILES string of the molecule is Cc1cc(C)cc(N=Cc2sc(=S)n(C(C)C)c2O)c1. The molecular formula is C15H18N2OS2. The van der Waals surface area contributed by atoms with Gasteiger partial charge in [-0.1, -0.05) is 17.4 Å². The quantitative estimate of drug-likeness (QED) is 0.644. The highest BCUT2D eigenvalue weighted by atomic mass is 32.1. The second kappa shape index (κ2) is 5.89. The third-order valence-corrected chi connectivity index (χ3v) is 4.22. The van der Waals surface area contributed by atoms with Crippen molar-refractivity contribution in [3.05, 3.63) is 38.2 Å². The van der Waals surface area contributed by atoms with Crippen LogP contribution < -0.4 is 0 Å². The number of aromatic hydroxyl groups is 1. The monoisotopic (exact) mass is 306 g/mol. The van der Waals surface area contributed by atoms with Crippen LogP contribution in [-0.4, -0.2) is 15.9 Å². The van der Waals surface area contributed by atoms with Crippen molar-refractivity contribution in [2.75, 3.05) is 0 Å². The summed E-state index contributed by atoms with van der Waals surface area (Å²) in [6, 6.07) is 6.27. The van der Waals surface area contributed by atoms with E-state index in [1.807, 2.05) is 39.8 Å². The lowest BCUT2D eigenvalue weighted by Gasteiger charge is -2.07. The van der Waals surface area contributed by atoms with Crippen molar-refractivity contribution in [1.29, 1.82) is 0 Å². The van der Waals surface area contributed by atoms with Gasteiger partial charge in [0, 0.05) is 6.04 Å². The molecule has 0 bridgehead atoms. The van der Waals surface area contributed by atoms with Crippen LogP contribution in [0, 0.1) is 17.8 Å². The minimum Gasteiger partial charge on any atom is -0.493 e. The third kappa shape index (κ3) is 3.16. The van der Waals surface area contributed by atoms with Gasteiger partial charge in [0.2, 0.25) is 5.88 Å². The summed E-state index contributed by atoms with van der Waals surface area (Å²) in [6.07, 6.45) is 1.68. The van der Waals surface area contributed by atoms with Crippen LogP contribution in [0.5, 0.6) is 5.88 Å². The number of aliphatic imine (C=N–C) groups is 1. The van der Waals surface area contributed by atoms with Crippen LogP contribution in [0.1, 0.15) is 35.9 Å². The number of hydrogen-bond acceptors (Lipinski definition) is 4. The summed E-state index contributed by atoms with van der Waals surface area (Å²) in [6.45, 7) is 8.07. The second-order valence-electron chi connectivity index (χ2n) is 5.12. The molecule has 0 saturated heterocycles. The Morgan fingerprint density at radius 3 is 2.35 bits per heavy atom. The standard InChI is InChI=1S/C15H18N2OS2/c1-9(2)17-14(18)13(20-15(17)19)8-16-12-6-10(3)5-11(4)7-12/h5-9,18H,1-4H3. The molecule has 0 atom stereocenters. The van der Waals surface area contributed by atoms with Crippen molar-refractivity contribution in [1.82, 2.24) is 4.57 Å². The van der Waals surface area contributed by atoms with E-state index in [2.05, 4.69) is 11.1 Å². The van der Waals surface area contributed by atoms with Crippen LogP contribution >= 0.6 is 23.6 Å². The maximum absolute atomic E-state index is 10.2. The fourth-order valence-corrected chi connectivity index (χ4v) is 3.54. The van der Waals surface area contributed by atoms with E-state index in [-0.39, 0.29) is 11.9 Å². The molecule has 5 heteroatoms. The normalized spacial score (nSPS) is 11.7. The van der Waals surface area contributed by atoms with Crippen LogP contribution in [0.15, 0.2) is 23.2 Å². The van der Waals surface area contributed by atoms with Crippen molar-refractivity contribution >= 4 is 35.5 Å². The average molecular weight is 306 g/mol. The van der Waals surface area contributed by atoms with Crippen LogP contribution in [0.4, 0.5) is 5.69 Å². The Morgan fingerprint density at radius 1 is 1.25 bits per heavy atom. The van der Waals surface area contributed by atoms with Crippen LogP contribution in [0.25, 0.3) is 0 Å². The van der Waals surface area contributed by atoms with E-state index < -0.39 is 0 Å². The number of aromatic nitrogens is 1. The van der Waals surface area contributed by atoms with Gasteiger partial charge in [-0.2, -0.15) is 0 Å². The summed E-state index contributed by atoms with van der Waals surface area (Å²) >= 11 is 6.64. The minimum absolute atomic E-state index is 0.141. The Kier molecular flexibility index (Phi) is 4.40. The highest BCUT2D eigenvalue weighted by Gasteiger charge is 2.12. The molecule has 2 aromatic rings. The number of rotatable bonds is 3. The van der Waals surface area contributed by atoms with Gasteiger partial charge in [0.1, 0.15) is 4.88 Å². The Hall–Kier alpha value is -1.46. The number of benzene rings is 1. The molecule has 20 heavy (non-hydrogen) atoms. The largest absolute Gasteiger partial charge is 0.493 e. The molecule has 0 aliphatic rings. The molecule has 0 spiro atoms. The van der Waals surface area contributed by atoms with E-state index in [0.29, 0.717) is 8.83 Å². The van der Waals surface area contributed by atoms with Crippen LogP contribution in [0.3, 0.4) is 0 Å². The Balaban J connectivity index is 2.37. The molecular weight excluding hydrogens is 288 g/mol. The van der Waals surface area contributed by atoms with E-state index in [1.54, 1.807) is 10.8 Å². The predicted molar refractivity (Wildman–Crippen MR) is 88.4 cm³/mol. The average Bonchev–Trinajstić information content (AvgIpc) is 2.60. The highest BCUT2D eigenvalue weighted by molar-refractivity contribution is 7.73. The molecule has 0 aliphatic heterocycles. The molecule has 0 aliphatic carbocycles. The summed E-state index contributed by atoms with van der Waals surface area (Å²) in [5, 5.41) is 10.2. The zero-order valence-electron chi connectivity index (χ0n) is 12.0. The molecule has 0 saturated carbocycles. The van der Waals surface area contributed by atoms with Gasteiger partial charge < -0.3 is 5.11 Å². The van der Waals surface area contributed by atoms with E-state index in [0.717, 1.165) is 5.69 Å². The summed E-state index contributed by atoms with van der Waals surface area (Å²) in [5.74, 6) is 0.197. The molecule has 2 rings (SSSR count). The molecule has 3 nitrogen and oxygen atoms in total. The summed E-state index contributed by atoms with van der Waals surface area (Å²) in [5.41, 5.74) is 3.24. The van der Waals surface area contributed by atoms with E-state index in [4.69, 9.17) is 12.2 Å². The van der Waals surface area contributed by atoms with Gasteiger partial charge in [-0.3, -0.25) is 9.56 Å². The lowest BCUT2D eigenvalue weighted by molar-refractivity contribution is 0.398. The van der Waals surface area contributed by atoms with Gasteiger partial charge in [0.15, 0.2) is 3.95 Å². The lowest BCUT2D eigenvalue weighted by Crippen LogP contribution is -1.99. The summed E-state index contributed by atoms with van der Waals surface area (Å²) < 4.78 is 2.41. The van der Waals surface area contributed by atoms with Gasteiger partial charge in [0.05, 0.1) is 11.9 Å². The fourth-order valence-electron chi connectivity index (χ4n) is 2.09. The first-order valence-corrected chi connectivity index (χ1v) is 7.67. The van der Waals surface area contributed by atoms with Crippen LogP contribution in [-0.2, 0) is 0 Å². The zero-order valence-corrected chi connectivity index (χ0v) is 13.7. The maximum atomic E-state index is 10.2. The zero-order chi connectivity index (χ0) is 14.9. The summed E-state index contributed by atoms with van der Waals surface area (Å²) in [7, 11) is 0. The molecule has 0 unspecified atom stereocenters. The van der Waals surface area contributed by atoms with Crippen molar-refractivity contribution in [2.24, 2.45) is 4.99 Å². The van der Waals surface area contributed by atoms with Crippen molar-refractivity contribution in [2.45, 2.75) is 33.7 Å². The van der Waals surface area contributed by atoms with E-state index in [1.165, 1.54) is 22.5 Å². The van der Waals surface area contributed by atoms with Crippen molar-refractivity contribution in [3.8, 4) is 5.88 Å². The molecule has 1 heterocycles. The number of aryl methyl sites for hydroxylation is 2. The van der Waals surface area contributed by atoms with E-state index in [9.17, 15) is 5.11 Å². The van der Waals surface area contributed by atoms with Gasteiger partial charge in [-0.05, 0) is 63.2 Å². The maximum Gasteiger partial charge on any atom is 0.212 e. The van der Waals surface area contributed by atoms with Crippen molar-refractivity contribution < 1.29 is 5.11 Å². The first kappa shape index (κ1) is 14.9. The Morgan fingerprint density at radius 2 is 1.85 bits per heavy atom. The smallest absolute Gasteiger partial charge is 0.212 e. The Bertz CT molecular complexity index is 691. The predicted octanol–water partition coefficient (Wildman–Crippen LogP) is 4.93. The second-order valence-corrected chi connectivity index (χ2v) is 6.80. The third-order valence-electron chi connectivity index (χ3n) is 2.90. The Labute approximate surface area is 128 Å². The summed E-state index contributed by atoms with van der Waals surface area (Å²) in [4.78, 5) is 5.14. The molecule has 0 radical (unpaired) electrons. The molecule has 0 fully saturated rings. The minimum atomic E-state index is 0.141. The van der Waals surface area contributed by atoms with Crippen LogP contribution in [0.2, 0.25) is 0 Å². The van der Waals surface area contributed by atoms with Gasteiger partial charge in [0.25, 0.3) is 0 Å². The van der Waals surface area contributed by atoms with Gasteiger partial charge in [-0.25, -0.2) is 0 Å². The number of hydrogen-bond donors (Lipinski definition) is 1. The molecule has 1 aromatic carbocycles. The molecule has 1 N–H and O–H groups in total. The first-order chi connectivity index (χ1) is 9.38. The molecule has 106 valence electrons. The topological polar surface area (TPSA) is 37.5 Å².